The van der Waals surface area contributed by atoms with Crippen molar-refractivity contribution in [2.45, 2.75) is 19.3 Å². The zero-order valence-corrected chi connectivity index (χ0v) is 11.7. The molecule has 0 aliphatic heterocycles. The third-order valence-electron chi connectivity index (χ3n) is 4.31. The number of aliphatic hydroxyl groups is 2. The molecule has 0 amide bonds. The number of ether oxygens (including phenoxy) is 2. The highest BCUT2D eigenvalue weighted by atomic mass is 16.5. The maximum absolute atomic E-state index is 9.55. The highest BCUT2D eigenvalue weighted by Crippen LogP contribution is 2.43. The molecule has 4 nitrogen and oxygen atoms in total. The van der Waals surface area contributed by atoms with Crippen LogP contribution >= 0.6 is 0 Å². The van der Waals surface area contributed by atoms with Crippen molar-refractivity contribution >= 4 is 0 Å². The lowest BCUT2D eigenvalue weighted by atomic mass is 9.70. The van der Waals surface area contributed by atoms with Gasteiger partial charge in [0.2, 0.25) is 0 Å². The molecule has 0 bridgehead atoms. The molecule has 1 aromatic rings. The van der Waals surface area contributed by atoms with Crippen LogP contribution < -0.4 is 9.47 Å². The number of methoxy groups -OCH3 is 2. The number of aliphatic hydroxyl groups excluding tert-OH is 2. The van der Waals surface area contributed by atoms with Crippen molar-refractivity contribution in [1.82, 2.24) is 0 Å². The van der Waals surface area contributed by atoms with E-state index in [1.165, 1.54) is 11.1 Å². The molecule has 1 aliphatic carbocycles. The molecule has 2 rings (SSSR count). The zero-order chi connectivity index (χ0) is 14.0. The zero-order valence-electron chi connectivity index (χ0n) is 11.7. The number of hydrogen-bond acceptors (Lipinski definition) is 4. The van der Waals surface area contributed by atoms with E-state index in [1.807, 2.05) is 12.1 Å². The van der Waals surface area contributed by atoms with E-state index < -0.39 is 0 Å². The van der Waals surface area contributed by atoms with Crippen LogP contribution in [-0.2, 0) is 6.42 Å². The number of benzene rings is 1. The van der Waals surface area contributed by atoms with Gasteiger partial charge in [-0.25, -0.2) is 0 Å². The average molecular weight is 266 g/mol. The molecule has 0 fully saturated rings. The van der Waals surface area contributed by atoms with Crippen molar-refractivity contribution in [2.75, 3.05) is 27.4 Å². The standard InChI is InChI=1S/C15H22O4/c1-9-12-6-15(19-3)14(18-2)5-10(12)4-11(7-16)13(9)8-17/h5-6,9,11,13,16-17H,4,7-8H2,1-3H3/t9-,11+,13+/m0/s1. The molecule has 0 spiro atoms. The molecule has 4 heteroatoms. The van der Waals surface area contributed by atoms with E-state index in [0.29, 0.717) is 11.5 Å². The van der Waals surface area contributed by atoms with E-state index in [-0.39, 0.29) is 31.0 Å². The maximum atomic E-state index is 9.55. The average Bonchev–Trinajstić information content (AvgIpc) is 2.45. The van der Waals surface area contributed by atoms with Gasteiger partial charge in [0, 0.05) is 13.2 Å². The third-order valence-corrected chi connectivity index (χ3v) is 4.31. The fourth-order valence-corrected chi connectivity index (χ4v) is 3.12. The normalized spacial score (nSPS) is 25.8. The van der Waals surface area contributed by atoms with Crippen molar-refractivity contribution in [3.8, 4) is 11.5 Å². The predicted molar refractivity (Wildman–Crippen MR) is 72.8 cm³/mol. The Morgan fingerprint density at radius 2 is 1.74 bits per heavy atom. The summed E-state index contributed by atoms with van der Waals surface area (Å²) in [6, 6.07) is 3.98. The summed E-state index contributed by atoms with van der Waals surface area (Å²) in [6.07, 6.45) is 0.766. The van der Waals surface area contributed by atoms with Crippen molar-refractivity contribution in [3.63, 3.8) is 0 Å². The summed E-state index contributed by atoms with van der Waals surface area (Å²) in [5, 5.41) is 19.0. The molecule has 19 heavy (non-hydrogen) atoms. The summed E-state index contributed by atoms with van der Waals surface area (Å²) in [4.78, 5) is 0. The van der Waals surface area contributed by atoms with Gasteiger partial charge in [-0.1, -0.05) is 6.92 Å². The summed E-state index contributed by atoms with van der Waals surface area (Å²) in [6.45, 7) is 2.29. The van der Waals surface area contributed by atoms with Crippen molar-refractivity contribution in [3.05, 3.63) is 23.3 Å². The summed E-state index contributed by atoms with van der Waals surface area (Å²) in [7, 11) is 3.24. The fraction of sp³-hybridized carbons (Fsp3) is 0.600. The molecule has 0 heterocycles. The third kappa shape index (κ3) is 2.42. The van der Waals surface area contributed by atoms with Gasteiger partial charge in [0.05, 0.1) is 14.2 Å². The van der Waals surface area contributed by atoms with Crippen LogP contribution in [0, 0.1) is 11.8 Å². The van der Waals surface area contributed by atoms with Crippen LogP contribution in [-0.4, -0.2) is 37.6 Å². The van der Waals surface area contributed by atoms with Gasteiger partial charge in [-0.05, 0) is 47.4 Å². The smallest absolute Gasteiger partial charge is 0.161 e. The van der Waals surface area contributed by atoms with Gasteiger partial charge in [-0.3, -0.25) is 0 Å². The van der Waals surface area contributed by atoms with Gasteiger partial charge < -0.3 is 19.7 Å². The molecule has 0 unspecified atom stereocenters. The highest BCUT2D eigenvalue weighted by Gasteiger charge is 2.34. The second-order valence-corrected chi connectivity index (χ2v) is 5.19. The summed E-state index contributed by atoms with van der Waals surface area (Å²) >= 11 is 0. The Bertz CT molecular complexity index is 444. The maximum Gasteiger partial charge on any atom is 0.161 e. The van der Waals surface area contributed by atoms with Gasteiger partial charge in [0.1, 0.15) is 0 Å². The van der Waals surface area contributed by atoms with Crippen molar-refractivity contribution < 1.29 is 19.7 Å². The molecule has 0 saturated heterocycles. The van der Waals surface area contributed by atoms with E-state index in [0.717, 1.165) is 6.42 Å². The molecule has 3 atom stereocenters. The van der Waals surface area contributed by atoms with Crippen LogP contribution in [0.1, 0.15) is 24.0 Å². The lowest BCUT2D eigenvalue weighted by Gasteiger charge is -2.36. The molecule has 0 aromatic heterocycles. The Hall–Kier alpha value is -1.26. The van der Waals surface area contributed by atoms with E-state index in [4.69, 9.17) is 9.47 Å². The quantitative estimate of drug-likeness (QED) is 0.868. The predicted octanol–water partition coefficient (Wildman–Crippen LogP) is 1.58. The van der Waals surface area contributed by atoms with Crippen LogP contribution in [0.2, 0.25) is 0 Å². The minimum Gasteiger partial charge on any atom is -0.493 e. The Kier molecular flexibility index (Phi) is 4.32. The monoisotopic (exact) mass is 266 g/mol. The number of hydrogen-bond donors (Lipinski definition) is 2. The molecule has 106 valence electrons. The van der Waals surface area contributed by atoms with Gasteiger partial charge in [0.15, 0.2) is 11.5 Å². The first-order valence-electron chi connectivity index (χ1n) is 6.62. The summed E-state index contributed by atoms with van der Waals surface area (Å²) < 4.78 is 10.7. The largest absolute Gasteiger partial charge is 0.493 e. The fourth-order valence-electron chi connectivity index (χ4n) is 3.12. The Balaban J connectivity index is 2.46. The van der Waals surface area contributed by atoms with Gasteiger partial charge in [0.25, 0.3) is 0 Å². The molecule has 1 aliphatic rings. The van der Waals surface area contributed by atoms with Crippen molar-refractivity contribution in [1.29, 1.82) is 0 Å². The van der Waals surface area contributed by atoms with Crippen molar-refractivity contribution in [2.24, 2.45) is 11.8 Å². The van der Waals surface area contributed by atoms with Crippen LogP contribution in [0.4, 0.5) is 0 Å². The highest BCUT2D eigenvalue weighted by molar-refractivity contribution is 5.49. The molecule has 1 aromatic carbocycles. The van der Waals surface area contributed by atoms with Gasteiger partial charge in [-0.15, -0.1) is 0 Å². The molecule has 0 saturated carbocycles. The SMILES string of the molecule is COc1cc2c(cc1OC)[C@H](C)[C@@H](CO)[C@@H](CO)C2. The van der Waals surface area contributed by atoms with E-state index >= 15 is 0 Å². The van der Waals surface area contributed by atoms with E-state index in [1.54, 1.807) is 14.2 Å². The minimum absolute atomic E-state index is 0.0931. The first kappa shape index (κ1) is 14.2. The second kappa shape index (κ2) is 5.80. The molecule has 0 radical (unpaired) electrons. The lowest BCUT2D eigenvalue weighted by molar-refractivity contribution is 0.0966. The minimum atomic E-state index is 0.0931. The summed E-state index contributed by atoms with van der Waals surface area (Å²) in [5.41, 5.74) is 2.36. The Labute approximate surface area is 114 Å². The van der Waals surface area contributed by atoms with E-state index in [9.17, 15) is 10.2 Å². The molecular weight excluding hydrogens is 244 g/mol. The van der Waals surface area contributed by atoms with Gasteiger partial charge >= 0.3 is 0 Å². The van der Waals surface area contributed by atoms with Crippen LogP contribution in [0.3, 0.4) is 0 Å². The van der Waals surface area contributed by atoms with E-state index in [2.05, 4.69) is 6.92 Å². The van der Waals surface area contributed by atoms with Crippen LogP contribution in [0.5, 0.6) is 11.5 Å². The second-order valence-electron chi connectivity index (χ2n) is 5.19. The Morgan fingerprint density at radius 1 is 1.11 bits per heavy atom. The molecular formula is C15H22O4. The first-order chi connectivity index (χ1) is 9.15. The summed E-state index contributed by atoms with van der Waals surface area (Å²) in [5.74, 6) is 1.83. The first-order valence-corrected chi connectivity index (χ1v) is 6.62. The number of rotatable bonds is 4. The van der Waals surface area contributed by atoms with Crippen LogP contribution in [0.15, 0.2) is 12.1 Å². The molecule has 2 N–H and O–H groups in total. The lowest BCUT2D eigenvalue weighted by Crippen LogP contribution is -2.33. The Morgan fingerprint density at radius 3 is 2.26 bits per heavy atom. The topological polar surface area (TPSA) is 58.9 Å². The van der Waals surface area contributed by atoms with Crippen LogP contribution in [0.25, 0.3) is 0 Å². The van der Waals surface area contributed by atoms with Gasteiger partial charge in [-0.2, -0.15) is 0 Å². The number of fused-ring (bicyclic) bond motifs is 1.